The van der Waals surface area contributed by atoms with Crippen LogP contribution in [0.4, 0.5) is 0 Å². The lowest BCUT2D eigenvalue weighted by molar-refractivity contribution is 0.171. The molecule has 12 heavy (non-hydrogen) atoms. The lowest BCUT2D eigenvalue weighted by Crippen LogP contribution is -2.23. The molecule has 1 rings (SSSR count). The molecule has 0 atom stereocenters. The number of aromatic nitrogens is 1. The van der Waals surface area contributed by atoms with Crippen LogP contribution in [0.3, 0.4) is 0 Å². The van der Waals surface area contributed by atoms with Crippen molar-refractivity contribution in [3.63, 3.8) is 0 Å². The van der Waals surface area contributed by atoms with Gasteiger partial charge in [0.15, 0.2) is 4.90 Å². The van der Waals surface area contributed by atoms with E-state index in [-0.39, 0.29) is 4.73 Å². The molecule has 0 amide bonds. The molecule has 0 saturated carbocycles. The summed E-state index contributed by atoms with van der Waals surface area (Å²) in [7, 11) is -4.55. The first-order valence-corrected chi connectivity index (χ1v) is 4.25. The van der Waals surface area contributed by atoms with E-state index in [9.17, 15) is 13.2 Å². The first-order chi connectivity index (χ1) is 5.43. The van der Waals surface area contributed by atoms with Crippen LogP contribution in [0.15, 0.2) is 28.0 Å². The van der Waals surface area contributed by atoms with Crippen LogP contribution in [-0.4, -0.2) is 22.9 Å². The third-order valence-corrected chi connectivity index (χ3v) is 2.04. The van der Waals surface area contributed by atoms with E-state index < -0.39 is 20.6 Å². The number of nitrogens with zero attached hydrogens (tertiary/aromatic N) is 1. The van der Waals surface area contributed by atoms with Gasteiger partial charge in [0, 0.05) is 6.20 Å². The molecule has 0 radical (unpaired) electrons. The average Bonchev–Trinajstić information content (AvgIpc) is 1.92. The smallest absolute Gasteiger partial charge is 0.304 e. The Bertz CT molecular complexity index is 445. The van der Waals surface area contributed by atoms with Gasteiger partial charge in [0.1, 0.15) is 0 Å². The number of pyridine rings is 1. The molecule has 1 aromatic rings. The fraction of sp³-hybridized carbons (Fsp3) is 0. The first kappa shape index (κ1) is 8.75. The molecule has 6 nitrogen and oxygen atoms in total. The molecule has 0 aliphatic carbocycles. The summed E-state index contributed by atoms with van der Waals surface area (Å²) in [6.45, 7) is 0. The zero-order valence-electron chi connectivity index (χ0n) is 5.71. The summed E-state index contributed by atoms with van der Waals surface area (Å²) in [6.07, 6.45) is 0.955. The predicted octanol–water partition coefficient (Wildman–Crippen LogP) is -0.668. The third kappa shape index (κ3) is 1.46. The van der Waals surface area contributed by atoms with Gasteiger partial charge in [0.25, 0.3) is 10.1 Å². The van der Waals surface area contributed by atoms with E-state index in [0.717, 1.165) is 18.3 Å². The van der Waals surface area contributed by atoms with Gasteiger partial charge in [-0.2, -0.15) is 13.1 Å². The van der Waals surface area contributed by atoms with Crippen LogP contribution in [-0.2, 0) is 10.1 Å². The number of rotatable bonds is 1. The van der Waals surface area contributed by atoms with Crippen LogP contribution < -0.4 is 5.56 Å². The Balaban J connectivity index is 3.59. The highest BCUT2D eigenvalue weighted by Gasteiger charge is 2.15. The lowest BCUT2D eigenvalue weighted by atomic mass is 10.5. The molecule has 2 N–H and O–H groups in total. The van der Waals surface area contributed by atoms with E-state index in [0.29, 0.717) is 0 Å². The normalized spacial score (nSPS) is 11.4. The van der Waals surface area contributed by atoms with E-state index in [1.807, 2.05) is 0 Å². The van der Waals surface area contributed by atoms with Crippen LogP contribution >= 0.6 is 0 Å². The van der Waals surface area contributed by atoms with Crippen LogP contribution in [0.2, 0.25) is 0 Å². The molecule has 7 heteroatoms. The Hall–Kier alpha value is -1.34. The van der Waals surface area contributed by atoms with Crippen molar-refractivity contribution in [2.75, 3.05) is 0 Å². The first-order valence-electron chi connectivity index (χ1n) is 2.81. The van der Waals surface area contributed by atoms with Gasteiger partial charge in [0.05, 0.1) is 0 Å². The van der Waals surface area contributed by atoms with Crippen LogP contribution in [0.25, 0.3) is 0 Å². The quantitative estimate of drug-likeness (QED) is 0.453. The van der Waals surface area contributed by atoms with Crippen molar-refractivity contribution in [3.05, 3.63) is 28.7 Å². The highest BCUT2D eigenvalue weighted by atomic mass is 32.2. The second kappa shape index (κ2) is 2.61. The van der Waals surface area contributed by atoms with Crippen LogP contribution in [0, 0.1) is 0 Å². The second-order valence-corrected chi connectivity index (χ2v) is 3.39. The Labute approximate surface area is 67.4 Å². The third-order valence-electron chi connectivity index (χ3n) is 1.17. The summed E-state index contributed by atoms with van der Waals surface area (Å²) >= 11 is 0. The molecule has 0 saturated heterocycles. The average molecular weight is 191 g/mol. The Morgan fingerprint density at radius 2 is 2.00 bits per heavy atom. The molecule has 1 aromatic heterocycles. The number of hydrogen-bond donors (Lipinski definition) is 2. The predicted molar refractivity (Wildman–Crippen MR) is 37.7 cm³/mol. The molecule has 1 heterocycles. The highest BCUT2D eigenvalue weighted by molar-refractivity contribution is 7.85. The van der Waals surface area contributed by atoms with E-state index >= 15 is 0 Å². The summed E-state index contributed by atoms with van der Waals surface area (Å²) in [5, 5.41) is 8.69. The Morgan fingerprint density at radius 3 is 2.42 bits per heavy atom. The van der Waals surface area contributed by atoms with Gasteiger partial charge in [-0.25, -0.2) is 0 Å². The standard InChI is InChI=1S/C5H5NO5S/c7-5-4(12(9,10)11)2-1-3-6(5)8/h1-3,8H,(H,9,10,11). The van der Waals surface area contributed by atoms with Gasteiger partial charge in [-0.3, -0.25) is 9.35 Å². The zero-order valence-corrected chi connectivity index (χ0v) is 6.52. The summed E-state index contributed by atoms with van der Waals surface area (Å²) in [4.78, 5) is 9.94. The Morgan fingerprint density at radius 1 is 1.42 bits per heavy atom. The minimum atomic E-state index is -4.55. The summed E-state index contributed by atoms with van der Waals surface area (Å²) < 4.78 is 29.4. The van der Waals surface area contributed by atoms with Crippen LogP contribution in [0.1, 0.15) is 0 Å². The molecule has 0 fully saturated rings. The zero-order chi connectivity index (χ0) is 9.35. The summed E-state index contributed by atoms with van der Waals surface area (Å²) in [5.74, 6) is 0. The van der Waals surface area contributed by atoms with Crippen LogP contribution in [0.5, 0.6) is 0 Å². The molecule has 0 aliphatic rings. The number of hydrogen-bond acceptors (Lipinski definition) is 4. The largest absolute Gasteiger partial charge is 0.425 e. The van der Waals surface area contributed by atoms with Gasteiger partial charge in [0.2, 0.25) is 0 Å². The maximum Gasteiger partial charge on any atom is 0.304 e. The van der Waals surface area contributed by atoms with E-state index in [1.165, 1.54) is 0 Å². The van der Waals surface area contributed by atoms with E-state index in [4.69, 9.17) is 9.76 Å². The molecular weight excluding hydrogens is 186 g/mol. The SMILES string of the molecule is O=c1c(S(=O)(=O)O)cccn1O. The second-order valence-electron chi connectivity index (χ2n) is 2.00. The minimum Gasteiger partial charge on any atom is -0.425 e. The van der Waals surface area contributed by atoms with Crippen molar-refractivity contribution in [2.24, 2.45) is 0 Å². The Kier molecular flexibility index (Phi) is 1.90. The van der Waals surface area contributed by atoms with Crippen molar-refractivity contribution in [1.29, 1.82) is 0 Å². The fourth-order valence-corrected chi connectivity index (χ4v) is 1.22. The maximum atomic E-state index is 10.8. The van der Waals surface area contributed by atoms with Crippen molar-refractivity contribution in [1.82, 2.24) is 4.73 Å². The van der Waals surface area contributed by atoms with Gasteiger partial charge in [-0.05, 0) is 12.1 Å². The lowest BCUT2D eigenvalue weighted by Gasteiger charge is -1.97. The van der Waals surface area contributed by atoms with E-state index in [2.05, 4.69) is 0 Å². The van der Waals surface area contributed by atoms with E-state index in [1.54, 1.807) is 0 Å². The topological polar surface area (TPSA) is 96.6 Å². The monoisotopic (exact) mass is 191 g/mol. The minimum absolute atomic E-state index is 0.0725. The molecule has 0 aliphatic heterocycles. The van der Waals surface area contributed by atoms with Gasteiger partial charge >= 0.3 is 5.56 Å². The molecule has 0 spiro atoms. The van der Waals surface area contributed by atoms with Crippen molar-refractivity contribution in [2.45, 2.75) is 4.90 Å². The van der Waals surface area contributed by atoms with Crippen molar-refractivity contribution in [3.8, 4) is 0 Å². The van der Waals surface area contributed by atoms with Gasteiger partial charge < -0.3 is 5.21 Å². The fourth-order valence-electron chi connectivity index (χ4n) is 0.660. The maximum absolute atomic E-state index is 10.8. The summed E-state index contributed by atoms with van der Waals surface area (Å²) in [5.41, 5.74) is -1.18. The highest BCUT2D eigenvalue weighted by Crippen LogP contribution is 1.99. The van der Waals surface area contributed by atoms with Crippen molar-refractivity contribution < 1.29 is 18.2 Å². The van der Waals surface area contributed by atoms with Crippen molar-refractivity contribution >= 4 is 10.1 Å². The molecule has 0 bridgehead atoms. The molecule has 0 aromatic carbocycles. The van der Waals surface area contributed by atoms with Gasteiger partial charge in [-0.15, -0.1) is 0 Å². The molecular formula is C5H5NO5S. The summed E-state index contributed by atoms with van der Waals surface area (Å²) in [6, 6.07) is 2.01. The van der Waals surface area contributed by atoms with Gasteiger partial charge in [-0.1, -0.05) is 0 Å². The molecule has 66 valence electrons. The molecule has 0 unspecified atom stereocenters.